The first-order valence-electron chi connectivity index (χ1n) is 8.29. The maximum atomic E-state index is 12.0. The molecule has 2 aromatic heterocycles. The molecule has 6 nitrogen and oxygen atoms in total. The Morgan fingerprint density at radius 3 is 2.69 bits per heavy atom. The number of carbonyl (C=O) groups excluding carboxylic acids is 1. The summed E-state index contributed by atoms with van der Waals surface area (Å²) in [5.41, 5.74) is 8.63. The lowest BCUT2D eigenvalue weighted by atomic mass is 10.1. The lowest BCUT2D eigenvalue weighted by Crippen LogP contribution is -2.19. The summed E-state index contributed by atoms with van der Waals surface area (Å²) in [5.74, 6) is 0.0225. The lowest BCUT2D eigenvalue weighted by molar-refractivity contribution is -0.118. The fraction of sp³-hybridized carbons (Fsp3) is 0.263. The highest BCUT2D eigenvalue weighted by atomic mass is 32.2. The third-order valence-corrected chi connectivity index (χ3v) is 4.80. The number of benzene rings is 1. The van der Waals surface area contributed by atoms with E-state index in [0.717, 1.165) is 33.5 Å². The van der Waals surface area contributed by atoms with Gasteiger partial charge >= 0.3 is 0 Å². The number of nitrogens with one attached hydrogen (secondary N) is 2. The van der Waals surface area contributed by atoms with Crippen LogP contribution in [0.25, 0.3) is 10.9 Å². The van der Waals surface area contributed by atoms with Gasteiger partial charge in [-0.05, 0) is 39.3 Å². The number of thioether (sulfide) groups is 1. The van der Waals surface area contributed by atoms with E-state index in [1.165, 1.54) is 17.3 Å². The van der Waals surface area contributed by atoms with Gasteiger partial charge in [0.15, 0.2) is 5.16 Å². The van der Waals surface area contributed by atoms with Gasteiger partial charge in [0, 0.05) is 33.5 Å². The Morgan fingerprint density at radius 1 is 1.23 bits per heavy atom. The summed E-state index contributed by atoms with van der Waals surface area (Å²) < 4.78 is 0. The van der Waals surface area contributed by atoms with Crippen LogP contribution in [0.15, 0.2) is 34.5 Å². The SMILES string of the molecule is Cc1cc(C)nc(SCC(=O)N/N=C/c2c(C)[nH]c3c(C)cccc23)n1. The van der Waals surface area contributed by atoms with Crippen molar-refractivity contribution in [2.45, 2.75) is 32.9 Å². The van der Waals surface area contributed by atoms with Crippen LogP contribution in [0.3, 0.4) is 0 Å². The maximum Gasteiger partial charge on any atom is 0.250 e. The van der Waals surface area contributed by atoms with Gasteiger partial charge in [0.25, 0.3) is 5.91 Å². The van der Waals surface area contributed by atoms with E-state index in [1.54, 1.807) is 6.21 Å². The summed E-state index contributed by atoms with van der Waals surface area (Å²) in [6.07, 6.45) is 1.68. The fourth-order valence-corrected chi connectivity index (χ4v) is 3.51. The van der Waals surface area contributed by atoms with E-state index >= 15 is 0 Å². The first kappa shape index (κ1) is 18.1. The second-order valence-electron chi connectivity index (χ2n) is 6.18. The molecule has 0 saturated heterocycles. The zero-order valence-corrected chi connectivity index (χ0v) is 16.1. The molecule has 0 spiro atoms. The number of aryl methyl sites for hydroxylation is 4. The van der Waals surface area contributed by atoms with Gasteiger partial charge in [0.2, 0.25) is 0 Å². The van der Waals surface area contributed by atoms with Crippen molar-refractivity contribution in [3.63, 3.8) is 0 Å². The standard InChI is InChI=1S/C19H21N5OS/c1-11-6-5-7-15-16(14(4)23-18(11)15)9-20-24-17(25)10-26-19-21-12(2)8-13(3)22-19/h5-9,23H,10H2,1-4H3,(H,24,25)/b20-9+. The smallest absolute Gasteiger partial charge is 0.250 e. The van der Waals surface area contributed by atoms with Crippen molar-refractivity contribution in [1.29, 1.82) is 0 Å². The molecule has 0 aliphatic heterocycles. The minimum absolute atomic E-state index is 0.192. The molecule has 0 bridgehead atoms. The number of hydrogen-bond acceptors (Lipinski definition) is 5. The van der Waals surface area contributed by atoms with Crippen LogP contribution >= 0.6 is 11.8 Å². The van der Waals surface area contributed by atoms with E-state index in [1.807, 2.05) is 39.0 Å². The zero-order chi connectivity index (χ0) is 18.7. The molecule has 0 atom stereocenters. The average molecular weight is 367 g/mol. The van der Waals surface area contributed by atoms with Crippen LogP contribution in [-0.4, -0.2) is 32.8 Å². The highest BCUT2D eigenvalue weighted by molar-refractivity contribution is 7.99. The number of aromatic nitrogens is 3. The van der Waals surface area contributed by atoms with E-state index in [0.29, 0.717) is 5.16 Å². The number of carbonyl (C=O) groups is 1. The van der Waals surface area contributed by atoms with Crippen molar-refractivity contribution in [2.75, 3.05) is 5.75 Å². The predicted molar refractivity (Wildman–Crippen MR) is 106 cm³/mol. The van der Waals surface area contributed by atoms with E-state index in [-0.39, 0.29) is 11.7 Å². The van der Waals surface area contributed by atoms with Crippen LogP contribution in [0.1, 0.15) is 28.2 Å². The molecule has 0 radical (unpaired) electrons. The summed E-state index contributed by atoms with van der Waals surface area (Å²) in [4.78, 5) is 24.0. The Labute approximate surface area is 156 Å². The van der Waals surface area contributed by atoms with Crippen molar-refractivity contribution in [1.82, 2.24) is 20.4 Å². The molecule has 0 aliphatic rings. The quantitative estimate of drug-likeness (QED) is 0.313. The van der Waals surface area contributed by atoms with Crippen molar-refractivity contribution >= 4 is 34.8 Å². The van der Waals surface area contributed by atoms with Gasteiger partial charge in [-0.2, -0.15) is 5.10 Å². The molecule has 3 aromatic rings. The van der Waals surface area contributed by atoms with E-state index in [4.69, 9.17) is 0 Å². The highest BCUT2D eigenvalue weighted by Crippen LogP contribution is 2.23. The summed E-state index contributed by atoms with van der Waals surface area (Å²) in [7, 11) is 0. The fourth-order valence-electron chi connectivity index (χ4n) is 2.77. The van der Waals surface area contributed by atoms with Crippen molar-refractivity contribution < 1.29 is 4.79 Å². The average Bonchev–Trinajstić information content (AvgIpc) is 2.90. The Balaban J connectivity index is 1.63. The van der Waals surface area contributed by atoms with Gasteiger partial charge < -0.3 is 4.98 Å². The third kappa shape index (κ3) is 4.11. The molecular formula is C19H21N5OS. The van der Waals surface area contributed by atoms with Crippen LogP contribution in [0.4, 0.5) is 0 Å². The van der Waals surface area contributed by atoms with Crippen LogP contribution in [0.2, 0.25) is 0 Å². The van der Waals surface area contributed by atoms with Crippen LogP contribution in [0, 0.1) is 27.7 Å². The largest absolute Gasteiger partial charge is 0.358 e. The number of nitrogens with zero attached hydrogens (tertiary/aromatic N) is 3. The maximum absolute atomic E-state index is 12.0. The van der Waals surface area contributed by atoms with Crippen molar-refractivity contribution in [3.8, 4) is 0 Å². The zero-order valence-electron chi connectivity index (χ0n) is 15.3. The number of amides is 1. The molecule has 0 aliphatic carbocycles. The van der Waals surface area contributed by atoms with Gasteiger partial charge in [-0.3, -0.25) is 4.79 Å². The van der Waals surface area contributed by atoms with Crippen LogP contribution in [-0.2, 0) is 4.79 Å². The topological polar surface area (TPSA) is 83.0 Å². The van der Waals surface area contributed by atoms with E-state index < -0.39 is 0 Å². The molecule has 0 fully saturated rings. The molecule has 134 valence electrons. The van der Waals surface area contributed by atoms with Gasteiger partial charge in [0.05, 0.1) is 12.0 Å². The van der Waals surface area contributed by atoms with E-state index in [9.17, 15) is 4.79 Å². The molecule has 3 rings (SSSR count). The molecule has 0 unspecified atom stereocenters. The molecule has 2 heterocycles. The Bertz CT molecular complexity index is 973. The second kappa shape index (κ2) is 7.70. The summed E-state index contributed by atoms with van der Waals surface area (Å²) in [5, 5.41) is 5.80. The normalized spacial score (nSPS) is 11.4. The number of hydrogen-bond donors (Lipinski definition) is 2. The number of rotatable bonds is 5. The molecule has 0 saturated carbocycles. The van der Waals surface area contributed by atoms with Gasteiger partial charge in [-0.1, -0.05) is 30.0 Å². The highest BCUT2D eigenvalue weighted by Gasteiger charge is 2.08. The molecule has 7 heteroatoms. The third-order valence-electron chi connectivity index (χ3n) is 3.96. The molecule has 26 heavy (non-hydrogen) atoms. The number of fused-ring (bicyclic) bond motifs is 1. The molecule has 2 N–H and O–H groups in total. The second-order valence-corrected chi connectivity index (χ2v) is 7.12. The molecular weight excluding hydrogens is 346 g/mol. The van der Waals surface area contributed by atoms with Gasteiger partial charge in [-0.15, -0.1) is 0 Å². The van der Waals surface area contributed by atoms with Crippen molar-refractivity contribution in [3.05, 3.63) is 52.5 Å². The summed E-state index contributed by atoms with van der Waals surface area (Å²) in [6.45, 7) is 7.88. The monoisotopic (exact) mass is 367 g/mol. The van der Waals surface area contributed by atoms with Crippen LogP contribution < -0.4 is 5.43 Å². The van der Waals surface area contributed by atoms with Crippen molar-refractivity contribution in [2.24, 2.45) is 5.10 Å². The Morgan fingerprint density at radius 2 is 1.96 bits per heavy atom. The summed E-state index contributed by atoms with van der Waals surface area (Å²) >= 11 is 1.30. The van der Waals surface area contributed by atoms with Gasteiger partial charge in [-0.25, -0.2) is 15.4 Å². The predicted octanol–water partition coefficient (Wildman–Crippen LogP) is 3.43. The number of para-hydroxylation sites is 1. The Kier molecular flexibility index (Phi) is 5.37. The first-order chi connectivity index (χ1) is 12.4. The minimum Gasteiger partial charge on any atom is -0.358 e. The van der Waals surface area contributed by atoms with E-state index in [2.05, 4.69) is 38.5 Å². The van der Waals surface area contributed by atoms with Crippen LogP contribution in [0.5, 0.6) is 0 Å². The summed E-state index contributed by atoms with van der Waals surface area (Å²) in [6, 6.07) is 8.02. The minimum atomic E-state index is -0.192. The number of aromatic amines is 1. The lowest BCUT2D eigenvalue weighted by Gasteiger charge is -2.02. The van der Waals surface area contributed by atoms with Gasteiger partial charge in [0.1, 0.15) is 0 Å². The number of hydrazone groups is 1. The molecule has 1 aromatic carbocycles. The first-order valence-corrected chi connectivity index (χ1v) is 9.27. The Hall–Kier alpha value is -2.67. The molecule has 1 amide bonds. The number of H-pyrrole nitrogens is 1.